The van der Waals surface area contributed by atoms with Gasteiger partial charge in [0.25, 0.3) is 0 Å². The van der Waals surface area contributed by atoms with E-state index in [1.807, 2.05) is 11.3 Å². The van der Waals surface area contributed by atoms with Gasteiger partial charge in [0.15, 0.2) is 0 Å². The van der Waals surface area contributed by atoms with Crippen LogP contribution >= 0.6 is 11.3 Å². The monoisotopic (exact) mass is 293 g/mol. The zero-order valence-corrected chi connectivity index (χ0v) is 14.2. The Balaban J connectivity index is 1.87. The predicted molar refractivity (Wildman–Crippen MR) is 90.4 cm³/mol. The van der Waals surface area contributed by atoms with Crippen LogP contribution in [0.25, 0.3) is 0 Å². The van der Waals surface area contributed by atoms with Gasteiger partial charge in [0, 0.05) is 10.9 Å². The summed E-state index contributed by atoms with van der Waals surface area (Å²) in [6, 6.07) is 5.11. The van der Waals surface area contributed by atoms with Gasteiger partial charge in [-0.15, -0.1) is 11.3 Å². The van der Waals surface area contributed by atoms with E-state index in [-0.39, 0.29) is 0 Å². The van der Waals surface area contributed by atoms with Crippen molar-refractivity contribution in [3.8, 4) is 0 Å². The molecule has 0 bridgehead atoms. The Morgan fingerprint density at radius 3 is 2.80 bits per heavy atom. The molecule has 20 heavy (non-hydrogen) atoms. The summed E-state index contributed by atoms with van der Waals surface area (Å²) in [6.45, 7) is 8.12. The summed E-state index contributed by atoms with van der Waals surface area (Å²) < 4.78 is 0. The summed E-state index contributed by atoms with van der Waals surface area (Å²) in [7, 11) is 0. The standard InChI is InChI=1S/C18H31NS/c1-4-15-7-8-17(13-19-14(2)3)16(12-15)9-10-18-6-5-11-20-18/h5-6,11,14-17,19H,4,7-10,12-13H2,1-3H3. The molecule has 1 heterocycles. The summed E-state index contributed by atoms with van der Waals surface area (Å²) >= 11 is 1.92. The van der Waals surface area contributed by atoms with Crippen molar-refractivity contribution in [3.63, 3.8) is 0 Å². The highest BCUT2D eigenvalue weighted by Crippen LogP contribution is 2.38. The normalized spacial score (nSPS) is 27.1. The van der Waals surface area contributed by atoms with E-state index < -0.39 is 0 Å². The third-order valence-corrected chi connectivity index (χ3v) is 5.89. The summed E-state index contributed by atoms with van der Waals surface area (Å²) in [6.07, 6.45) is 8.41. The van der Waals surface area contributed by atoms with Gasteiger partial charge in [-0.25, -0.2) is 0 Å². The van der Waals surface area contributed by atoms with E-state index >= 15 is 0 Å². The molecule has 0 spiro atoms. The Morgan fingerprint density at radius 1 is 1.30 bits per heavy atom. The van der Waals surface area contributed by atoms with Gasteiger partial charge < -0.3 is 5.32 Å². The number of hydrogen-bond donors (Lipinski definition) is 1. The fourth-order valence-electron chi connectivity index (χ4n) is 3.59. The summed E-state index contributed by atoms with van der Waals surface area (Å²) in [5, 5.41) is 5.88. The van der Waals surface area contributed by atoms with Crippen LogP contribution in [-0.4, -0.2) is 12.6 Å². The van der Waals surface area contributed by atoms with Gasteiger partial charge in [0.05, 0.1) is 0 Å². The number of rotatable bonds is 7. The molecular formula is C18H31NS. The molecule has 0 aromatic carbocycles. The fourth-order valence-corrected chi connectivity index (χ4v) is 4.31. The van der Waals surface area contributed by atoms with Crippen LogP contribution in [0.5, 0.6) is 0 Å². The smallest absolute Gasteiger partial charge is 0.00453 e. The minimum absolute atomic E-state index is 0.622. The van der Waals surface area contributed by atoms with E-state index in [1.165, 1.54) is 45.1 Å². The molecule has 1 fully saturated rings. The lowest BCUT2D eigenvalue weighted by Crippen LogP contribution is -2.36. The van der Waals surface area contributed by atoms with Gasteiger partial charge in [0.2, 0.25) is 0 Å². The third-order valence-electron chi connectivity index (χ3n) is 4.96. The molecule has 3 unspecified atom stereocenters. The van der Waals surface area contributed by atoms with E-state index in [9.17, 15) is 0 Å². The van der Waals surface area contributed by atoms with Crippen molar-refractivity contribution in [2.45, 2.75) is 65.3 Å². The zero-order chi connectivity index (χ0) is 14.4. The van der Waals surface area contributed by atoms with Crippen LogP contribution in [0, 0.1) is 17.8 Å². The Labute approximate surface area is 129 Å². The first-order valence-corrected chi connectivity index (χ1v) is 9.32. The van der Waals surface area contributed by atoms with Crippen LogP contribution in [0.1, 0.15) is 57.8 Å². The number of hydrogen-bond acceptors (Lipinski definition) is 2. The quantitative estimate of drug-likeness (QED) is 0.735. The zero-order valence-electron chi connectivity index (χ0n) is 13.4. The molecule has 1 nitrogen and oxygen atoms in total. The maximum atomic E-state index is 3.67. The van der Waals surface area contributed by atoms with Crippen molar-refractivity contribution in [1.29, 1.82) is 0 Å². The average Bonchev–Trinajstić information content (AvgIpc) is 2.96. The molecule has 1 aliphatic rings. The van der Waals surface area contributed by atoms with Crippen molar-refractivity contribution < 1.29 is 0 Å². The van der Waals surface area contributed by atoms with E-state index in [2.05, 4.69) is 43.6 Å². The molecule has 1 aromatic heterocycles. The highest BCUT2D eigenvalue weighted by molar-refractivity contribution is 7.09. The molecule has 0 radical (unpaired) electrons. The SMILES string of the molecule is CCC1CCC(CNC(C)C)C(CCc2cccs2)C1. The van der Waals surface area contributed by atoms with Gasteiger partial charge in [-0.2, -0.15) is 0 Å². The number of aryl methyl sites for hydroxylation is 1. The molecule has 1 aliphatic carbocycles. The maximum Gasteiger partial charge on any atom is 0.00453 e. The third kappa shape index (κ3) is 4.89. The highest BCUT2D eigenvalue weighted by Gasteiger charge is 2.29. The Kier molecular flexibility index (Phi) is 6.57. The van der Waals surface area contributed by atoms with Crippen LogP contribution in [0.3, 0.4) is 0 Å². The molecule has 0 amide bonds. The van der Waals surface area contributed by atoms with Gasteiger partial charge >= 0.3 is 0 Å². The van der Waals surface area contributed by atoms with Gasteiger partial charge in [-0.3, -0.25) is 0 Å². The molecule has 0 saturated heterocycles. The molecule has 114 valence electrons. The largest absolute Gasteiger partial charge is 0.314 e. The van der Waals surface area contributed by atoms with Crippen molar-refractivity contribution in [2.75, 3.05) is 6.54 Å². The lowest BCUT2D eigenvalue weighted by Gasteiger charge is -2.36. The highest BCUT2D eigenvalue weighted by atomic mass is 32.1. The summed E-state index contributed by atoms with van der Waals surface area (Å²) in [5.74, 6) is 2.82. The molecule has 0 aliphatic heterocycles. The molecule has 1 aromatic rings. The van der Waals surface area contributed by atoms with Crippen molar-refractivity contribution >= 4 is 11.3 Å². The van der Waals surface area contributed by atoms with E-state index in [1.54, 1.807) is 4.88 Å². The molecule has 1 N–H and O–H groups in total. The Hall–Kier alpha value is -0.340. The second-order valence-electron chi connectivity index (χ2n) is 6.79. The van der Waals surface area contributed by atoms with Crippen LogP contribution in [0.15, 0.2) is 17.5 Å². The number of nitrogens with one attached hydrogen (secondary N) is 1. The van der Waals surface area contributed by atoms with Crippen LogP contribution in [-0.2, 0) is 6.42 Å². The lowest BCUT2D eigenvalue weighted by atomic mass is 9.71. The Morgan fingerprint density at radius 2 is 2.15 bits per heavy atom. The maximum absolute atomic E-state index is 3.67. The second kappa shape index (κ2) is 8.19. The topological polar surface area (TPSA) is 12.0 Å². The van der Waals surface area contributed by atoms with E-state index in [4.69, 9.17) is 0 Å². The molecular weight excluding hydrogens is 262 g/mol. The van der Waals surface area contributed by atoms with E-state index in [0.717, 1.165) is 17.8 Å². The molecule has 2 rings (SSSR count). The average molecular weight is 294 g/mol. The van der Waals surface area contributed by atoms with Crippen LogP contribution < -0.4 is 5.32 Å². The van der Waals surface area contributed by atoms with E-state index in [0.29, 0.717) is 6.04 Å². The van der Waals surface area contributed by atoms with Crippen molar-refractivity contribution in [1.82, 2.24) is 5.32 Å². The minimum atomic E-state index is 0.622. The van der Waals surface area contributed by atoms with Crippen molar-refractivity contribution in [2.24, 2.45) is 17.8 Å². The number of thiophene rings is 1. The van der Waals surface area contributed by atoms with Crippen molar-refractivity contribution in [3.05, 3.63) is 22.4 Å². The summed E-state index contributed by atoms with van der Waals surface area (Å²) in [4.78, 5) is 1.57. The second-order valence-corrected chi connectivity index (χ2v) is 7.82. The van der Waals surface area contributed by atoms with Crippen LogP contribution in [0.2, 0.25) is 0 Å². The van der Waals surface area contributed by atoms with Gasteiger partial charge in [0.1, 0.15) is 0 Å². The first-order chi connectivity index (χ1) is 9.69. The minimum Gasteiger partial charge on any atom is -0.314 e. The van der Waals surface area contributed by atoms with Gasteiger partial charge in [-0.1, -0.05) is 39.7 Å². The first-order valence-electron chi connectivity index (χ1n) is 8.44. The van der Waals surface area contributed by atoms with Crippen LogP contribution in [0.4, 0.5) is 0 Å². The Bertz CT molecular complexity index is 358. The fraction of sp³-hybridized carbons (Fsp3) is 0.778. The molecule has 1 saturated carbocycles. The molecule has 3 atom stereocenters. The summed E-state index contributed by atoms with van der Waals surface area (Å²) in [5.41, 5.74) is 0. The van der Waals surface area contributed by atoms with Gasteiger partial charge in [-0.05, 0) is 61.4 Å². The lowest BCUT2D eigenvalue weighted by molar-refractivity contribution is 0.161. The first kappa shape index (κ1) is 16.0. The predicted octanol–water partition coefficient (Wildman–Crippen LogP) is 5.12. The molecule has 2 heteroatoms.